The highest BCUT2D eigenvalue weighted by molar-refractivity contribution is 9.10. The lowest BCUT2D eigenvalue weighted by atomic mass is 10.1. The van der Waals surface area contributed by atoms with Gasteiger partial charge in [-0.05, 0) is 94.3 Å². The van der Waals surface area contributed by atoms with Gasteiger partial charge in [-0.15, -0.1) is 0 Å². The van der Waals surface area contributed by atoms with Gasteiger partial charge in [-0.25, -0.2) is 9.79 Å². The molecule has 0 spiro atoms. The molecule has 1 amide bonds. The lowest BCUT2D eigenvalue weighted by Crippen LogP contribution is -2.23. The summed E-state index contributed by atoms with van der Waals surface area (Å²) in [6, 6.07) is 17.8. The summed E-state index contributed by atoms with van der Waals surface area (Å²) in [5, 5.41) is 9.68. The van der Waals surface area contributed by atoms with E-state index in [1.165, 1.54) is 28.8 Å². The number of halogens is 2. The zero-order chi connectivity index (χ0) is 26.5. The van der Waals surface area contributed by atoms with Crippen molar-refractivity contribution in [2.45, 2.75) is 13.5 Å². The van der Waals surface area contributed by atoms with Crippen LogP contribution < -0.4 is 9.47 Å². The fourth-order valence-corrected chi connectivity index (χ4v) is 5.26. The molecule has 37 heavy (non-hydrogen) atoms. The van der Waals surface area contributed by atoms with Gasteiger partial charge in [0, 0.05) is 11.5 Å². The van der Waals surface area contributed by atoms with Crippen molar-refractivity contribution in [1.82, 2.24) is 4.90 Å². The maximum atomic E-state index is 12.9. The summed E-state index contributed by atoms with van der Waals surface area (Å²) in [5.74, 6) is -0.104. The molecule has 0 unspecified atom stereocenters. The van der Waals surface area contributed by atoms with Crippen LogP contribution in [0.2, 0.25) is 0 Å². The number of rotatable bonds is 8. The Morgan fingerprint density at radius 1 is 1.11 bits per heavy atom. The van der Waals surface area contributed by atoms with Crippen molar-refractivity contribution >= 4 is 72.4 Å². The Labute approximate surface area is 235 Å². The van der Waals surface area contributed by atoms with Gasteiger partial charge in [0.2, 0.25) is 0 Å². The van der Waals surface area contributed by atoms with Gasteiger partial charge in [0.05, 0.1) is 27.2 Å². The molecular weight excluding hydrogens is 624 g/mol. The van der Waals surface area contributed by atoms with Crippen LogP contribution in [0.15, 0.2) is 79.5 Å². The summed E-state index contributed by atoms with van der Waals surface area (Å²) in [4.78, 5) is 30.6. The highest BCUT2D eigenvalue weighted by Gasteiger charge is 2.30. The number of benzene rings is 3. The molecule has 1 fully saturated rings. The molecule has 1 heterocycles. The second kappa shape index (κ2) is 12.0. The van der Waals surface area contributed by atoms with Crippen LogP contribution in [0.3, 0.4) is 0 Å². The van der Waals surface area contributed by atoms with Gasteiger partial charge in [-0.2, -0.15) is 0 Å². The number of amides is 1. The zero-order valence-corrected chi connectivity index (χ0v) is 23.9. The van der Waals surface area contributed by atoms with Gasteiger partial charge in [0.25, 0.3) is 5.91 Å². The van der Waals surface area contributed by atoms with E-state index in [4.69, 9.17) is 9.47 Å². The third kappa shape index (κ3) is 6.63. The topological polar surface area (TPSA) is 88.4 Å². The maximum absolute atomic E-state index is 12.9. The highest BCUT2D eigenvalue weighted by atomic mass is 79.9. The number of hydrogen-bond donors (Lipinski definition) is 1. The lowest BCUT2D eigenvalue weighted by molar-refractivity contribution is -0.121. The average molecular weight is 646 g/mol. The number of carbonyl (C=O) groups excluding carboxylic acids is 1. The first-order valence-electron chi connectivity index (χ1n) is 11.2. The number of likely N-dealkylation sites (N-methyl/N-ethyl adjacent to an activating group) is 1. The first kappa shape index (κ1) is 27.0. The Morgan fingerprint density at radius 3 is 2.57 bits per heavy atom. The normalized spacial score (nSPS) is 15.5. The number of thioether (sulfide) groups is 1. The molecule has 0 atom stereocenters. The number of ether oxygens (including phenoxy) is 2. The van der Waals surface area contributed by atoms with E-state index in [1.807, 2.05) is 43.3 Å². The fraction of sp³-hybridized carbons (Fsp3) is 0.148. The predicted octanol–water partition coefficient (Wildman–Crippen LogP) is 7.12. The smallest absolute Gasteiger partial charge is 0.335 e. The number of carboxylic acid groups (broad SMARTS) is 1. The zero-order valence-electron chi connectivity index (χ0n) is 19.9. The van der Waals surface area contributed by atoms with E-state index >= 15 is 0 Å². The molecule has 3 aromatic rings. The molecule has 0 bridgehead atoms. The van der Waals surface area contributed by atoms with Crippen LogP contribution in [-0.4, -0.2) is 40.7 Å². The quantitative estimate of drug-likeness (QED) is 0.263. The molecule has 1 aliphatic heterocycles. The molecule has 4 rings (SSSR count). The van der Waals surface area contributed by atoms with E-state index in [0.717, 1.165) is 15.6 Å². The second-order valence-electron chi connectivity index (χ2n) is 7.90. The predicted molar refractivity (Wildman–Crippen MR) is 153 cm³/mol. The number of hydrogen-bond acceptors (Lipinski definition) is 6. The summed E-state index contributed by atoms with van der Waals surface area (Å²) in [5.41, 5.74) is 2.35. The van der Waals surface area contributed by atoms with Crippen LogP contribution in [0.4, 0.5) is 5.69 Å². The standard InChI is InChI=1S/C27H22Br2N2O5S/c1-3-35-22-12-17(11-21(29)24(22)36-15-16-7-9-19(28)10-8-16)13-23-25(32)31(2)27(37-23)30-20-6-4-5-18(14-20)26(33)34/h4-14H,3,15H2,1-2H3,(H,33,34)/b23-13+,30-27?. The molecule has 190 valence electrons. The summed E-state index contributed by atoms with van der Waals surface area (Å²) in [6.07, 6.45) is 1.77. The van der Waals surface area contributed by atoms with Crippen LogP contribution >= 0.6 is 43.6 Å². The van der Waals surface area contributed by atoms with Crippen molar-refractivity contribution in [3.63, 3.8) is 0 Å². The van der Waals surface area contributed by atoms with Crippen LogP contribution in [0, 0.1) is 0 Å². The lowest BCUT2D eigenvalue weighted by Gasteiger charge is -2.15. The molecule has 0 radical (unpaired) electrons. The minimum Gasteiger partial charge on any atom is -0.490 e. The molecule has 1 N–H and O–H groups in total. The Morgan fingerprint density at radius 2 is 1.86 bits per heavy atom. The first-order chi connectivity index (χ1) is 17.7. The fourth-order valence-electron chi connectivity index (χ4n) is 3.43. The molecule has 7 nitrogen and oxygen atoms in total. The Balaban J connectivity index is 1.59. The number of nitrogens with zero attached hydrogens (tertiary/aromatic N) is 2. The van der Waals surface area contributed by atoms with Gasteiger partial charge < -0.3 is 14.6 Å². The van der Waals surface area contributed by atoms with Crippen molar-refractivity contribution in [1.29, 1.82) is 0 Å². The Kier molecular flexibility index (Phi) is 8.73. The summed E-state index contributed by atoms with van der Waals surface area (Å²) < 4.78 is 13.6. The molecule has 3 aromatic carbocycles. The number of aromatic carboxylic acids is 1. The second-order valence-corrected chi connectivity index (χ2v) is 10.7. The molecule has 10 heteroatoms. The van der Waals surface area contributed by atoms with Crippen LogP contribution in [-0.2, 0) is 11.4 Å². The monoisotopic (exact) mass is 644 g/mol. The SMILES string of the molecule is CCOc1cc(/C=C2/SC(=Nc3cccc(C(=O)O)c3)N(C)C2=O)cc(Br)c1OCc1ccc(Br)cc1. The van der Waals surface area contributed by atoms with E-state index in [1.54, 1.807) is 25.3 Å². The third-order valence-electron chi connectivity index (χ3n) is 5.25. The van der Waals surface area contributed by atoms with Gasteiger partial charge in [0.15, 0.2) is 16.7 Å². The summed E-state index contributed by atoms with van der Waals surface area (Å²) in [6.45, 7) is 2.71. The number of carboxylic acids is 1. The molecular formula is C27H22Br2N2O5S. The summed E-state index contributed by atoms with van der Waals surface area (Å²) in [7, 11) is 1.64. The van der Waals surface area contributed by atoms with Crippen LogP contribution in [0.5, 0.6) is 11.5 Å². The number of amidine groups is 1. The van der Waals surface area contributed by atoms with Crippen molar-refractivity contribution < 1.29 is 24.2 Å². The van der Waals surface area contributed by atoms with Crippen molar-refractivity contribution in [3.05, 3.63) is 91.2 Å². The van der Waals surface area contributed by atoms with Gasteiger partial charge in [-0.3, -0.25) is 9.69 Å². The maximum Gasteiger partial charge on any atom is 0.335 e. The van der Waals surface area contributed by atoms with Crippen molar-refractivity contribution in [3.8, 4) is 11.5 Å². The largest absolute Gasteiger partial charge is 0.490 e. The first-order valence-corrected chi connectivity index (χ1v) is 13.6. The Bertz CT molecular complexity index is 1410. The van der Waals surface area contributed by atoms with Gasteiger partial charge in [0.1, 0.15) is 6.61 Å². The molecule has 1 aliphatic rings. The number of carbonyl (C=O) groups is 2. The minimum absolute atomic E-state index is 0.130. The van der Waals surface area contributed by atoms with Crippen LogP contribution in [0.1, 0.15) is 28.4 Å². The molecule has 0 aromatic heterocycles. The minimum atomic E-state index is -1.04. The van der Waals surface area contributed by atoms with E-state index in [2.05, 4.69) is 36.9 Å². The summed E-state index contributed by atoms with van der Waals surface area (Å²) >= 11 is 8.24. The van der Waals surface area contributed by atoms with Gasteiger partial charge in [-0.1, -0.05) is 34.1 Å². The van der Waals surface area contributed by atoms with Crippen molar-refractivity contribution in [2.75, 3.05) is 13.7 Å². The van der Waals surface area contributed by atoms with E-state index in [9.17, 15) is 14.7 Å². The van der Waals surface area contributed by atoms with Crippen molar-refractivity contribution in [2.24, 2.45) is 4.99 Å². The van der Waals surface area contributed by atoms with Gasteiger partial charge >= 0.3 is 5.97 Å². The molecule has 0 saturated carbocycles. The number of aliphatic imine (C=N–C) groups is 1. The Hall–Kier alpha value is -3.08. The van der Waals surface area contributed by atoms with E-state index < -0.39 is 5.97 Å². The van der Waals surface area contributed by atoms with Crippen LogP contribution in [0.25, 0.3) is 6.08 Å². The highest BCUT2D eigenvalue weighted by Crippen LogP contribution is 2.40. The molecule has 0 aliphatic carbocycles. The average Bonchev–Trinajstić information content (AvgIpc) is 3.12. The van der Waals surface area contributed by atoms with E-state index in [0.29, 0.717) is 44.9 Å². The van der Waals surface area contributed by atoms with E-state index in [-0.39, 0.29) is 11.5 Å². The third-order valence-corrected chi connectivity index (χ3v) is 7.43. The molecule has 1 saturated heterocycles.